The molecule has 2 N–H and O–H groups in total. The second-order valence-corrected chi connectivity index (χ2v) is 10.9. The molecule has 3 amide bonds. The van der Waals surface area contributed by atoms with E-state index >= 15 is 0 Å². The molecule has 0 spiro atoms. The van der Waals surface area contributed by atoms with Crippen LogP contribution in [0.15, 0.2) is 85.2 Å². The quantitative estimate of drug-likeness (QED) is 0.341. The summed E-state index contributed by atoms with van der Waals surface area (Å²) in [5.74, 6) is 0.150. The summed E-state index contributed by atoms with van der Waals surface area (Å²) >= 11 is 0. The first-order valence-electron chi connectivity index (χ1n) is 14.7. The predicted molar refractivity (Wildman–Crippen MR) is 165 cm³/mol. The number of rotatable bonds is 4. The maximum Gasteiger partial charge on any atom is 0.387 e. The number of nitrogens with zero attached hydrogens (tertiary/aromatic N) is 2. The number of carbonyl (C=O) groups excluding carboxylic acids is 3. The summed E-state index contributed by atoms with van der Waals surface area (Å²) in [6, 6.07) is 18.7. The average Bonchev–Trinajstić information content (AvgIpc) is 3.47. The number of alkyl halides is 2. The van der Waals surface area contributed by atoms with Crippen LogP contribution >= 0.6 is 0 Å². The molecule has 3 aliphatic rings. The highest BCUT2D eigenvalue weighted by Crippen LogP contribution is 2.29. The second kappa shape index (κ2) is 13.7. The summed E-state index contributed by atoms with van der Waals surface area (Å²) in [6.45, 7) is -2.79. The molecule has 1 fully saturated rings. The number of carbonyl (C=O) groups is 3. The smallest absolute Gasteiger partial charge is 0.387 e. The summed E-state index contributed by atoms with van der Waals surface area (Å²) in [4.78, 5) is 45.4. The van der Waals surface area contributed by atoms with Gasteiger partial charge in [-0.05, 0) is 60.2 Å². The van der Waals surface area contributed by atoms with Crippen molar-refractivity contribution in [3.8, 4) is 34.1 Å². The Balaban J connectivity index is 1.31. The SMILES string of the molecule is COc1cc2ccc1CNC(=O)COc1cccc(c1)-c1cncc(c1)C(=O)N[C@H]1CN(C(=O)c3ccc(OC(F)F)cc3)C[C@@H]1O2. The van der Waals surface area contributed by atoms with Crippen LogP contribution in [0.1, 0.15) is 26.3 Å². The first-order chi connectivity index (χ1) is 22.7. The topological polar surface area (TPSA) is 128 Å². The molecule has 11 nitrogen and oxygen atoms in total. The first kappa shape index (κ1) is 31.3. The third kappa shape index (κ3) is 7.40. The lowest BCUT2D eigenvalue weighted by molar-refractivity contribution is -0.123. The molecule has 4 heterocycles. The van der Waals surface area contributed by atoms with E-state index in [0.29, 0.717) is 28.4 Å². The van der Waals surface area contributed by atoms with E-state index in [9.17, 15) is 23.2 Å². The van der Waals surface area contributed by atoms with Gasteiger partial charge < -0.3 is 34.5 Å². The maximum absolute atomic E-state index is 13.6. The number of halogens is 2. The van der Waals surface area contributed by atoms with Crippen molar-refractivity contribution < 1.29 is 42.1 Å². The van der Waals surface area contributed by atoms with Gasteiger partial charge in [-0.3, -0.25) is 19.4 Å². The van der Waals surface area contributed by atoms with E-state index in [1.807, 2.05) is 6.07 Å². The number of hydrogen-bond donors (Lipinski definition) is 2. The summed E-state index contributed by atoms with van der Waals surface area (Å²) in [5, 5.41) is 5.83. The minimum Gasteiger partial charge on any atom is -0.496 e. The molecular formula is C34H30F2N4O7. The minimum absolute atomic E-state index is 0.0713. The predicted octanol–water partition coefficient (Wildman–Crippen LogP) is 4.07. The zero-order valence-corrected chi connectivity index (χ0v) is 25.2. The largest absolute Gasteiger partial charge is 0.496 e. The van der Waals surface area contributed by atoms with Gasteiger partial charge in [0.15, 0.2) is 6.61 Å². The number of pyridine rings is 1. The van der Waals surface area contributed by atoms with Crippen molar-refractivity contribution in [3.05, 3.63) is 102 Å². The molecule has 0 aliphatic carbocycles. The van der Waals surface area contributed by atoms with Gasteiger partial charge in [0.05, 0.1) is 25.3 Å². The Morgan fingerprint density at radius 3 is 2.55 bits per heavy atom. The third-order valence-corrected chi connectivity index (χ3v) is 7.76. The van der Waals surface area contributed by atoms with Crippen LogP contribution in [0.5, 0.6) is 23.0 Å². The van der Waals surface area contributed by atoms with Crippen molar-refractivity contribution in [3.63, 3.8) is 0 Å². The van der Waals surface area contributed by atoms with Gasteiger partial charge >= 0.3 is 6.61 Å². The summed E-state index contributed by atoms with van der Waals surface area (Å²) in [7, 11) is 1.50. The van der Waals surface area contributed by atoms with E-state index in [1.54, 1.807) is 48.7 Å². The number of nitrogens with one attached hydrogen (secondary N) is 2. The van der Waals surface area contributed by atoms with Crippen LogP contribution in [-0.4, -0.2) is 73.2 Å². The highest BCUT2D eigenvalue weighted by atomic mass is 19.3. The van der Waals surface area contributed by atoms with Crippen molar-refractivity contribution in [1.29, 1.82) is 0 Å². The van der Waals surface area contributed by atoms with E-state index in [1.165, 1.54) is 42.5 Å². The van der Waals surface area contributed by atoms with Gasteiger partial charge in [0.1, 0.15) is 29.1 Å². The number of fused-ring (bicyclic) bond motifs is 7. The Morgan fingerprint density at radius 2 is 1.77 bits per heavy atom. The van der Waals surface area contributed by atoms with Gasteiger partial charge in [0.2, 0.25) is 0 Å². The van der Waals surface area contributed by atoms with Gasteiger partial charge in [0.25, 0.3) is 17.7 Å². The number of hydrogen-bond acceptors (Lipinski definition) is 8. The molecule has 13 heteroatoms. The molecule has 47 heavy (non-hydrogen) atoms. The number of benzene rings is 3. The van der Waals surface area contributed by atoms with Crippen molar-refractivity contribution in [1.82, 2.24) is 20.5 Å². The van der Waals surface area contributed by atoms with Crippen LogP contribution in [0, 0.1) is 0 Å². The molecule has 4 aromatic rings. The number of methoxy groups -OCH3 is 1. The highest BCUT2D eigenvalue weighted by Gasteiger charge is 2.38. The lowest BCUT2D eigenvalue weighted by Gasteiger charge is -2.22. The summed E-state index contributed by atoms with van der Waals surface area (Å²) in [5.41, 5.74) is 2.62. The number of aromatic nitrogens is 1. The van der Waals surface area contributed by atoms with Crippen LogP contribution in [-0.2, 0) is 11.3 Å². The molecule has 3 aromatic carbocycles. The normalized spacial score (nSPS) is 17.9. The third-order valence-electron chi connectivity index (χ3n) is 7.76. The van der Waals surface area contributed by atoms with Crippen molar-refractivity contribution in [2.75, 3.05) is 26.8 Å². The van der Waals surface area contributed by atoms with Gasteiger partial charge in [-0.25, -0.2) is 0 Å². The molecule has 1 saturated heterocycles. The summed E-state index contributed by atoms with van der Waals surface area (Å²) < 4.78 is 47.2. The Hall–Kier alpha value is -5.72. The van der Waals surface area contributed by atoms with Crippen molar-refractivity contribution in [2.45, 2.75) is 25.3 Å². The molecule has 0 radical (unpaired) electrons. The van der Waals surface area contributed by atoms with Gasteiger partial charge in [-0.2, -0.15) is 8.78 Å². The van der Waals surface area contributed by atoms with Crippen LogP contribution in [0.2, 0.25) is 0 Å². The van der Waals surface area contributed by atoms with Gasteiger partial charge in [-0.15, -0.1) is 0 Å². The highest BCUT2D eigenvalue weighted by molar-refractivity contribution is 5.96. The van der Waals surface area contributed by atoms with E-state index < -0.39 is 24.7 Å². The van der Waals surface area contributed by atoms with E-state index in [0.717, 1.165) is 5.56 Å². The number of likely N-dealkylation sites (tertiary alicyclic amines) is 1. The van der Waals surface area contributed by atoms with E-state index in [4.69, 9.17) is 14.2 Å². The lowest BCUT2D eigenvalue weighted by atomic mass is 10.1. The Kier molecular flexibility index (Phi) is 9.13. The second-order valence-electron chi connectivity index (χ2n) is 10.9. The fraction of sp³-hybridized carbons (Fsp3) is 0.235. The molecule has 1 aromatic heterocycles. The minimum atomic E-state index is -2.99. The summed E-state index contributed by atoms with van der Waals surface area (Å²) in [6.07, 6.45) is 2.39. The van der Waals surface area contributed by atoms with Crippen LogP contribution in [0.25, 0.3) is 11.1 Å². The molecular weight excluding hydrogens is 614 g/mol. The monoisotopic (exact) mass is 644 g/mol. The number of amides is 3. The van der Waals surface area contributed by atoms with Gasteiger partial charge in [0, 0.05) is 48.2 Å². The molecule has 7 rings (SSSR count). The van der Waals surface area contributed by atoms with Gasteiger partial charge in [-0.1, -0.05) is 12.1 Å². The van der Waals surface area contributed by atoms with Crippen molar-refractivity contribution >= 4 is 17.7 Å². The molecule has 2 atom stereocenters. The fourth-order valence-corrected chi connectivity index (χ4v) is 5.41. The zero-order chi connectivity index (χ0) is 32.9. The lowest BCUT2D eigenvalue weighted by Crippen LogP contribution is -2.45. The fourth-order valence-electron chi connectivity index (χ4n) is 5.41. The molecule has 6 bridgehead atoms. The molecule has 0 saturated carbocycles. The molecule has 3 aliphatic heterocycles. The van der Waals surface area contributed by atoms with E-state index in [2.05, 4.69) is 20.4 Å². The Labute approximate surface area is 268 Å². The van der Waals surface area contributed by atoms with Crippen LogP contribution in [0.3, 0.4) is 0 Å². The first-order valence-corrected chi connectivity index (χ1v) is 14.7. The Morgan fingerprint density at radius 1 is 0.957 bits per heavy atom. The molecule has 242 valence electrons. The van der Waals surface area contributed by atoms with Crippen LogP contribution < -0.4 is 29.6 Å². The average molecular weight is 645 g/mol. The number of ether oxygens (including phenoxy) is 4. The van der Waals surface area contributed by atoms with Crippen molar-refractivity contribution in [2.24, 2.45) is 0 Å². The molecule has 0 unspecified atom stereocenters. The maximum atomic E-state index is 13.6. The van der Waals surface area contributed by atoms with E-state index in [-0.39, 0.29) is 54.9 Å². The zero-order valence-electron chi connectivity index (χ0n) is 25.2. The van der Waals surface area contributed by atoms with Crippen LogP contribution in [0.4, 0.5) is 8.78 Å². The standard InChI is InChI=1S/C34H30F2N4O7/c1-44-29-13-27-10-7-22(29)16-38-31(41)19-45-26-4-2-3-21(12-26)23-11-24(15-37-14-23)32(42)39-28-17-40(18-30(28)46-27)33(43)20-5-8-25(9-6-20)47-34(35)36/h2-15,28,30,34H,16-19H2,1H3,(H,38,41)(H,39,42)/t28-,30-/m0/s1. The Bertz CT molecular complexity index is 1790.